The van der Waals surface area contributed by atoms with E-state index in [-0.39, 0.29) is 24.0 Å². The van der Waals surface area contributed by atoms with Crippen molar-refractivity contribution >= 4 is 29.9 Å². The van der Waals surface area contributed by atoms with E-state index in [9.17, 15) is 0 Å². The molecule has 0 radical (unpaired) electrons. The quantitative estimate of drug-likeness (QED) is 0.325. The highest BCUT2D eigenvalue weighted by Crippen LogP contribution is 2.23. The van der Waals surface area contributed by atoms with Crippen LogP contribution in [0.25, 0.3) is 0 Å². The van der Waals surface area contributed by atoms with Gasteiger partial charge < -0.3 is 15.0 Å². The summed E-state index contributed by atoms with van der Waals surface area (Å²) in [5.74, 6) is 3.36. The van der Waals surface area contributed by atoms with E-state index in [2.05, 4.69) is 34.0 Å². The molecular weight excluding hydrogens is 403 g/mol. The third kappa shape index (κ3) is 6.93. The molecule has 5 nitrogen and oxygen atoms in total. The molecule has 1 N–H and O–H groups in total. The summed E-state index contributed by atoms with van der Waals surface area (Å²) in [4.78, 5) is 10.8. The fourth-order valence-corrected chi connectivity index (χ4v) is 2.98. The Hall–Kier alpha value is -1.05. The summed E-state index contributed by atoms with van der Waals surface area (Å²) in [6, 6.07) is 3.79. The predicted octanol–water partition coefficient (Wildman–Crippen LogP) is 3.02. The maximum Gasteiger partial charge on any atom is 0.193 e. The second-order valence-electron chi connectivity index (χ2n) is 6.24. The van der Waals surface area contributed by atoms with Crippen molar-refractivity contribution in [3.05, 3.63) is 24.5 Å². The van der Waals surface area contributed by atoms with E-state index in [4.69, 9.17) is 4.74 Å². The number of nitrogens with one attached hydrogen (secondary N) is 1. The molecule has 0 bridgehead atoms. The molecule has 1 aliphatic rings. The number of ether oxygens (including phenoxy) is 1. The van der Waals surface area contributed by atoms with Crippen molar-refractivity contribution in [3.8, 4) is 5.75 Å². The maximum atomic E-state index is 5.64. The second kappa shape index (κ2) is 10.7. The summed E-state index contributed by atoms with van der Waals surface area (Å²) < 4.78 is 5.64. The van der Waals surface area contributed by atoms with Gasteiger partial charge in [-0.3, -0.25) is 9.98 Å². The van der Waals surface area contributed by atoms with Crippen LogP contribution in [0, 0.1) is 11.8 Å². The van der Waals surface area contributed by atoms with Crippen LogP contribution in [0.2, 0.25) is 0 Å². The number of rotatable bonds is 6. The number of likely N-dealkylation sites (tertiary alicyclic amines) is 1. The van der Waals surface area contributed by atoms with Crippen LogP contribution in [0.4, 0.5) is 0 Å². The molecule has 0 spiro atoms. The minimum absolute atomic E-state index is 0. The van der Waals surface area contributed by atoms with Crippen LogP contribution in [0.1, 0.15) is 26.7 Å². The zero-order chi connectivity index (χ0) is 15.8. The summed E-state index contributed by atoms with van der Waals surface area (Å²) in [6.45, 7) is 8.15. The number of guanidine groups is 1. The van der Waals surface area contributed by atoms with E-state index in [0.717, 1.165) is 43.2 Å². The minimum atomic E-state index is 0. The lowest BCUT2D eigenvalue weighted by atomic mass is 9.97. The number of halogens is 1. The van der Waals surface area contributed by atoms with Crippen LogP contribution in [-0.4, -0.2) is 49.1 Å². The molecular formula is C17H29IN4O. The molecule has 6 heteroatoms. The van der Waals surface area contributed by atoms with Crippen LogP contribution >= 0.6 is 24.0 Å². The molecule has 2 heterocycles. The molecule has 1 saturated heterocycles. The molecule has 130 valence electrons. The lowest BCUT2D eigenvalue weighted by Gasteiger charge is -2.22. The Morgan fingerprint density at radius 2 is 2.35 bits per heavy atom. The van der Waals surface area contributed by atoms with Crippen LogP contribution in [-0.2, 0) is 0 Å². The van der Waals surface area contributed by atoms with Crippen molar-refractivity contribution in [3.63, 3.8) is 0 Å². The van der Waals surface area contributed by atoms with Gasteiger partial charge in [0.25, 0.3) is 0 Å². The predicted molar refractivity (Wildman–Crippen MR) is 106 cm³/mol. The standard InChI is InChI=1S/C17H28N4O.HI/c1-14(2)11-15-6-9-21(13-15)17(18-3)20-8-10-22-16-5-4-7-19-12-16;/h4-5,7,12,14-15H,6,8-11,13H2,1-3H3,(H,18,20);1H. The van der Waals surface area contributed by atoms with Crippen molar-refractivity contribution < 1.29 is 4.74 Å². The maximum absolute atomic E-state index is 5.64. The molecule has 1 aromatic heterocycles. The fraction of sp³-hybridized carbons (Fsp3) is 0.647. The molecule has 0 aromatic carbocycles. The first kappa shape index (κ1) is 20.0. The normalized spacial score (nSPS) is 18.0. The number of hydrogen-bond acceptors (Lipinski definition) is 3. The SMILES string of the molecule is CN=C(NCCOc1cccnc1)N1CCC(CC(C)C)C1.I. The first-order chi connectivity index (χ1) is 10.7. The third-order valence-electron chi connectivity index (χ3n) is 3.89. The van der Waals surface area contributed by atoms with Gasteiger partial charge in [0.15, 0.2) is 5.96 Å². The van der Waals surface area contributed by atoms with Crippen LogP contribution < -0.4 is 10.1 Å². The molecule has 1 aromatic rings. The summed E-state index contributed by atoms with van der Waals surface area (Å²) in [5.41, 5.74) is 0. The Morgan fingerprint density at radius 3 is 3.00 bits per heavy atom. The Labute approximate surface area is 156 Å². The van der Waals surface area contributed by atoms with Gasteiger partial charge in [0.05, 0.1) is 12.7 Å². The van der Waals surface area contributed by atoms with Gasteiger partial charge in [-0.25, -0.2) is 0 Å². The van der Waals surface area contributed by atoms with Crippen LogP contribution in [0.15, 0.2) is 29.5 Å². The largest absolute Gasteiger partial charge is 0.490 e. The van der Waals surface area contributed by atoms with Gasteiger partial charge in [0, 0.05) is 26.3 Å². The lowest BCUT2D eigenvalue weighted by molar-refractivity contribution is 0.317. The summed E-state index contributed by atoms with van der Waals surface area (Å²) in [7, 11) is 1.85. The average Bonchev–Trinajstić information content (AvgIpc) is 2.96. The van der Waals surface area contributed by atoms with Crippen molar-refractivity contribution in [1.82, 2.24) is 15.2 Å². The van der Waals surface area contributed by atoms with Crippen molar-refractivity contribution in [2.24, 2.45) is 16.8 Å². The zero-order valence-corrected chi connectivity index (χ0v) is 16.7. The highest BCUT2D eigenvalue weighted by Gasteiger charge is 2.25. The van der Waals surface area contributed by atoms with Gasteiger partial charge in [0.1, 0.15) is 12.4 Å². The van der Waals surface area contributed by atoms with E-state index < -0.39 is 0 Å². The Balaban J connectivity index is 0.00000264. The van der Waals surface area contributed by atoms with Crippen molar-refractivity contribution in [2.45, 2.75) is 26.7 Å². The highest BCUT2D eigenvalue weighted by molar-refractivity contribution is 14.0. The summed E-state index contributed by atoms with van der Waals surface area (Å²) in [6.07, 6.45) is 6.04. The minimum Gasteiger partial charge on any atom is -0.490 e. The summed E-state index contributed by atoms with van der Waals surface area (Å²) in [5, 5.41) is 3.39. The van der Waals surface area contributed by atoms with Gasteiger partial charge in [0.2, 0.25) is 0 Å². The van der Waals surface area contributed by atoms with E-state index >= 15 is 0 Å². The molecule has 2 rings (SSSR count). The van der Waals surface area contributed by atoms with E-state index in [1.807, 2.05) is 19.2 Å². The molecule has 0 saturated carbocycles. The van der Waals surface area contributed by atoms with Gasteiger partial charge in [-0.15, -0.1) is 24.0 Å². The van der Waals surface area contributed by atoms with Gasteiger partial charge in [-0.1, -0.05) is 13.8 Å². The topological polar surface area (TPSA) is 49.8 Å². The lowest BCUT2D eigenvalue weighted by Crippen LogP contribution is -2.41. The fourth-order valence-electron chi connectivity index (χ4n) is 2.98. The number of pyridine rings is 1. The molecule has 1 unspecified atom stereocenters. The Morgan fingerprint density at radius 1 is 1.52 bits per heavy atom. The molecule has 1 atom stereocenters. The van der Waals surface area contributed by atoms with Gasteiger partial charge >= 0.3 is 0 Å². The Kier molecular flexibility index (Phi) is 9.28. The van der Waals surface area contributed by atoms with E-state index in [0.29, 0.717) is 6.61 Å². The van der Waals surface area contributed by atoms with E-state index in [1.54, 1.807) is 12.4 Å². The summed E-state index contributed by atoms with van der Waals surface area (Å²) >= 11 is 0. The van der Waals surface area contributed by atoms with Gasteiger partial charge in [-0.05, 0) is 36.8 Å². The molecule has 23 heavy (non-hydrogen) atoms. The molecule has 1 fully saturated rings. The zero-order valence-electron chi connectivity index (χ0n) is 14.4. The number of nitrogens with zero attached hydrogens (tertiary/aromatic N) is 3. The first-order valence-corrected chi connectivity index (χ1v) is 8.17. The van der Waals surface area contributed by atoms with Crippen LogP contribution in [0.5, 0.6) is 5.75 Å². The van der Waals surface area contributed by atoms with Crippen molar-refractivity contribution in [2.75, 3.05) is 33.3 Å². The first-order valence-electron chi connectivity index (χ1n) is 8.17. The third-order valence-corrected chi connectivity index (χ3v) is 3.89. The molecule has 0 aliphatic carbocycles. The number of hydrogen-bond donors (Lipinski definition) is 1. The molecule has 1 aliphatic heterocycles. The van der Waals surface area contributed by atoms with Gasteiger partial charge in [-0.2, -0.15) is 0 Å². The number of aromatic nitrogens is 1. The monoisotopic (exact) mass is 432 g/mol. The second-order valence-corrected chi connectivity index (χ2v) is 6.24. The molecule has 0 amide bonds. The number of aliphatic imine (C=N–C) groups is 1. The van der Waals surface area contributed by atoms with Crippen LogP contribution in [0.3, 0.4) is 0 Å². The Bertz CT molecular complexity index is 467. The van der Waals surface area contributed by atoms with E-state index in [1.165, 1.54) is 12.8 Å². The average molecular weight is 432 g/mol. The highest BCUT2D eigenvalue weighted by atomic mass is 127. The smallest absolute Gasteiger partial charge is 0.193 e. The van der Waals surface area contributed by atoms with Crippen molar-refractivity contribution in [1.29, 1.82) is 0 Å².